The van der Waals surface area contributed by atoms with Crippen molar-refractivity contribution >= 4 is 6.20 Å². The van der Waals surface area contributed by atoms with Crippen LogP contribution in [-0.4, -0.2) is 25.9 Å². The molecule has 2 rings (SSSR count). The molecule has 0 fully saturated rings. The molecule has 0 aliphatic rings. The van der Waals surface area contributed by atoms with Gasteiger partial charge in [-0.05, 0) is 0 Å². The van der Waals surface area contributed by atoms with Crippen molar-refractivity contribution in [2.24, 2.45) is 0 Å². The van der Waals surface area contributed by atoms with Crippen LogP contribution in [0.15, 0.2) is 37.7 Å². The van der Waals surface area contributed by atoms with Gasteiger partial charge in [0.15, 0.2) is 0 Å². The molecule has 0 spiro atoms. The van der Waals surface area contributed by atoms with Gasteiger partial charge in [0, 0.05) is 50.0 Å². The highest BCUT2D eigenvalue weighted by Crippen LogP contribution is 1.96. The predicted molar refractivity (Wildman–Crippen MR) is 62.5 cm³/mol. The van der Waals surface area contributed by atoms with Crippen LogP contribution in [0.2, 0.25) is 0 Å². The van der Waals surface area contributed by atoms with Gasteiger partial charge < -0.3 is 9.88 Å². The van der Waals surface area contributed by atoms with Crippen molar-refractivity contribution in [2.75, 3.05) is 6.54 Å². The van der Waals surface area contributed by atoms with E-state index in [0.717, 1.165) is 25.2 Å². The number of nitrogens with one attached hydrogen (secondary N) is 1. The second-order valence-corrected chi connectivity index (χ2v) is 3.49. The van der Waals surface area contributed by atoms with E-state index in [1.165, 1.54) is 0 Å². The normalized spacial score (nSPS) is 10.5. The van der Waals surface area contributed by atoms with Crippen molar-refractivity contribution < 1.29 is 0 Å². The van der Waals surface area contributed by atoms with E-state index < -0.39 is 0 Å². The average Bonchev–Trinajstić information content (AvgIpc) is 2.95. The summed E-state index contributed by atoms with van der Waals surface area (Å²) in [7, 11) is 0. The van der Waals surface area contributed by atoms with Gasteiger partial charge in [-0.2, -0.15) is 5.10 Å². The second-order valence-electron chi connectivity index (χ2n) is 3.49. The fourth-order valence-corrected chi connectivity index (χ4v) is 1.43. The van der Waals surface area contributed by atoms with Gasteiger partial charge >= 0.3 is 0 Å². The Morgan fingerprint density at radius 1 is 1.50 bits per heavy atom. The van der Waals surface area contributed by atoms with E-state index in [1.54, 1.807) is 17.1 Å². The summed E-state index contributed by atoms with van der Waals surface area (Å²) in [6.45, 7) is 6.30. The molecule has 0 radical (unpaired) electrons. The molecule has 5 nitrogen and oxygen atoms in total. The number of rotatable bonds is 6. The Balaban J connectivity index is 1.70. The summed E-state index contributed by atoms with van der Waals surface area (Å²) in [6.07, 6.45) is 11.0. The SMILES string of the molecule is C=Cn1cc(CNCCn2ccnc2)cn1. The van der Waals surface area contributed by atoms with E-state index in [9.17, 15) is 0 Å². The molecule has 0 bridgehead atoms. The van der Waals surface area contributed by atoms with Gasteiger partial charge in [0.05, 0.1) is 12.5 Å². The maximum absolute atomic E-state index is 4.11. The fraction of sp³-hybridized carbons (Fsp3) is 0.273. The van der Waals surface area contributed by atoms with E-state index >= 15 is 0 Å². The lowest BCUT2D eigenvalue weighted by Gasteiger charge is -2.03. The van der Waals surface area contributed by atoms with E-state index in [-0.39, 0.29) is 0 Å². The summed E-state index contributed by atoms with van der Waals surface area (Å²) < 4.78 is 3.74. The van der Waals surface area contributed by atoms with Gasteiger partial charge in [0.25, 0.3) is 0 Å². The molecule has 0 aliphatic carbocycles. The minimum Gasteiger partial charge on any atom is -0.336 e. The van der Waals surface area contributed by atoms with E-state index in [4.69, 9.17) is 0 Å². The van der Waals surface area contributed by atoms with Gasteiger partial charge in [-0.15, -0.1) is 0 Å². The second kappa shape index (κ2) is 5.27. The predicted octanol–water partition coefficient (Wildman–Crippen LogP) is 0.970. The van der Waals surface area contributed by atoms with Crippen LogP contribution in [0.3, 0.4) is 0 Å². The molecule has 2 aromatic rings. The molecule has 0 aromatic carbocycles. The van der Waals surface area contributed by atoms with Crippen molar-refractivity contribution in [3.63, 3.8) is 0 Å². The molecule has 16 heavy (non-hydrogen) atoms. The van der Waals surface area contributed by atoms with Gasteiger partial charge in [-0.25, -0.2) is 9.67 Å². The molecule has 0 saturated heterocycles. The quantitative estimate of drug-likeness (QED) is 0.733. The molecule has 2 aromatic heterocycles. The molecular weight excluding hydrogens is 202 g/mol. The van der Waals surface area contributed by atoms with E-state index in [1.807, 2.05) is 29.5 Å². The average molecular weight is 217 g/mol. The maximum Gasteiger partial charge on any atom is 0.0946 e. The molecule has 2 heterocycles. The lowest BCUT2D eigenvalue weighted by atomic mass is 10.3. The Bertz CT molecular complexity index is 429. The van der Waals surface area contributed by atoms with Gasteiger partial charge in [0.1, 0.15) is 0 Å². The highest BCUT2D eigenvalue weighted by Gasteiger charge is 1.95. The van der Waals surface area contributed by atoms with Crippen LogP contribution in [0.1, 0.15) is 5.56 Å². The Hall–Kier alpha value is -1.88. The third kappa shape index (κ3) is 2.80. The monoisotopic (exact) mass is 217 g/mol. The largest absolute Gasteiger partial charge is 0.336 e. The molecule has 0 amide bonds. The van der Waals surface area contributed by atoms with Gasteiger partial charge in [-0.1, -0.05) is 6.58 Å². The molecule has 0 saturated carbocycles. The summed E-state index contributed by atoms with van der Waals surface area (Å²) in [5.41, 5.74) is 1.16. The molecular formula is C11H15N5. The summed E-state index contributed by atoms with van der Waals surface area (Å²) in [4.78, 5) is 3.98. The first-order chi connectivity index (χ1) is 7.88. The molecule has 0 atom stereocenters. The van der Waals surface area contributed by atoms with E-state index in [0.29, 0.717) is 0 Å². The summed E-state index contributed by atoms with van der Waals surface area (Å²) >= 11 is 0. The van der Waals surface area contributed by atoms with E-state index in [2.05, 4.69) is 22.0 Å². The fourth-order valence-electron chi connectivity index (χ4n) is 1.43. The van der Waals surface area contributed by atoms with Crippen LogP contribution in [0.4, 0.5) is 0 Å². The number of aromatic nitrogens is 4. The Morgan fingerprint density at radius 3 is 3.12 bits per heavy atom. The number of hydrogen-bond donors (Lipinski definition) is 1. The zero-order valence-corrected chi connectivity index (χ0v) is 9.08. The highest BCUT2D eigenvalue weighted by atomic mass is 15.2. The summed E-state index contributed by atoms with van der Waals surface area (Å²) in [5.74, 6) is 0. The highest BCUT2D eigenvalue weighted by molar-refractivity contribution is 5.17. The lowest BCUT2D eigenvalue weighted by molar-refractivity contribution is 0.597. The number of hydrogen-bond acceptors (Lipinski definition) is 3. The minimum absolute atomic E-state index is 0.822. The van der Waals surface area contributed by atoms with Crippen LogP contribution >= 0.6 is 0 Å². The summed E-state index contributed by atoms with van der Waals surface area (Å²) in [6, 6.07) is 0. The summed E-state index contributed by atoms with van der Waals surface area (Å²) in [5, 5.41) is 7.45. The Labute approximate surface area is 94.4 Å². The third-order valence-corrected chi connectivity index (χ3v) is 2.28. The first-order valence-electron chi connectivity index (χ1n) is 5.20. The maximum atomic E-state index is 4.11. The van der Waals surface area contributed by atoms with Crippen LogP contribution < -0.4 is 5.32 Å². The standard InChI is InChI=1S/C11H15N5/c1-2-16-9-11(8-14-16)7-12-3-5-15-6-4-13-10-15/h2,4,6,8-10,12H,1,3,5,7H2. The van der Waals surface area contributed by atoms with Crippen molar-refractivity contribution in [3.8, 4) is 0 Å². The minimum atomic E-state index is 0.822. The Kier molecular flexibility index (Phi) is 3.50. The third-order valence-electron chi connectivity index (χ3n) is 2.28. The van der Waals surface area contributed by atoms with Crippen molar-refractivity contribution in [2.45, 2.75) is 13.1 Å². The van der Waals surface area contributed by atoms with Crippen LogP contribution in [0, 0.1) is 0 Å². The molecule has 0 unspecified atom stereocenters. The zero-order valence-electron chi connectivity index (χ0n) is 9.08. The first-order valence-corrected chi connectivity index (χ1v) is 5.20. The number of nitrogens with zero attached hydrogens (tertiary/aromatic N) is 4. The van der Waals surface area contributed by atoms with Crippen molar-refractivity contribution in [1.29, 1.82) is 0 Å². The Morgan fingerprint density at radius 2 is 2.44 bits per heavy atom. The zero-order chi connectivity index (χ0) is 11.2. The molecule has 1 N–H and O–H groups in total. The van der Waals surface area contributed by atoms with Crippen LogP contribution in [0.5, 0.6) is 0 Å². The van der Waals surface area contributed by atoms with Crippen molar-refractivity contribution in [1.82, 2.24) is 24.6 Å². The van der Waals surface area contributed by atoms with Crippen molar-refractivity contribution in [3.05, 3.63) is 43.3 Å². The van der Waals surface area contributed by atoms with Crippen LogP contribution in [0.25, 0.3) is 6.20 Å². The lowest BCUT2D eigenvalue weighted by Crippen LogP contribution is -2.18. The smallest absolute Gasteiger partial charge is 0.0946 e. The molecule has 5 heteroatoms. The number of imidazole rings is 1. The van der Waals surface area contributed by atoms with Gasteiger partial charge in [-0.3, -0.25) is 0 Å². The topological polar surface area (TPSA) is 47.7 Å². The molecule has 0 aliphatic heterocycles. The van der Waals surface area contributed by atoms with Gasteiger partial charge in [0.2, 0.25) is 0 Å². The van der Waals surface area contributed by atoms with Crippen LogP contribution in [-0.2, 0) is 13.1 Å². The first kappa shape index (κ1) is 10.6. The molecule has 84 valence electrons.